The lowest BCUT2D eigenvalue weighted by molar-refractivity contribution is -0.137. The van der Waals surface area contributed by atoms with E-state index >= 15 is 0 Å². The lowest BCUT2D eigenvalue weighted by atomic mass is 10.1. The summed E-state index contributed by atoms with van der Waals surface area (Å²) in [5.41, 5.74) is 1.07. The molecule has 3 aromatic heterocycles. The molecule has 0 spiro atoms. The van der Waals surface area contributed by atoms with Crippen LogP contribution in [-0.4, -0.2) is 25.7 Å². The molecule has 6 nitrogen and oxygen atoms in total. The van der Waals surface area contributed by atoms with E-state index in [-0.39, 0.29) is 11.4 Å². The van der Waals surface area contributed by atoms with Crippen molar-refractivity contribution < 1.29 is 18.0 Å². The minimum atomic E-state index is -4.47. The number of hydrogen-bond acceptors (Lipinski definition) is 4. The second-order valence-electron chi connectivity index (χ2n) is 6.29. The van der Waals surface area contributed by atoms with Gasteiger partial charge in [0.15, 0.2) is 5.82 Å². The summed E-state index contributed by atoms with van der Waals surface area (Å²) in [6, 6.07) is 11.3. The lowest BCUT2D eigenvalue weighted by Crippen LogP contribution is -2.14. The number of carbonyl (C=O) groups is 1. The van der Waals surface area contributed by atoms with Gasteiger partial charge in [-0.25, -0.2) is 9.67 Å². The topological polar surface area (TPSA) is 72.7 Å². The number of fused-ring (bicyclic) bond motifs is 1. The summed E-state index contributed by atoms with van der Waals surface area (Å²) >= 11 is 0. The van der Waals surface area contributed by atoms with E-state index in [0.717, 1.165) is 17.6 Å². The van der Waals surface area contributed by atoms with Crippen LogP contribution in [0.2, 0.25) is 0 Å². The molecule has 0 radical (unpaired) electrons. The number of amides is 1. The first kappa shape index (κ1) is 18.6. The molecule has 9 heteroatoms. The Morgan fingerprint density at radius 2 is 1.83 bits per heavy atom. The van der Waals surface area contributed by atoms with Crippen molar-refractivity contribution in [3.8, 4) is 5.82 Å². The standard InChI is InChI=1S/C20H14F3N5O/c1-12-15(11-26-28(12)17-8-7-14(10-25-17)20(21,22)23)19(29)27-16-6-2-4-13-5-3-9-24-18(13)16/h2-11H,1H3,(H,27,29). The number of aromatic nitrogens is 4. The van der Waals surface area contributed by atoms with E-state index in [1.807, 2.05) is 18.2 Å². The van der Waals surface area contributed by atoms with E-state index < -0.39 is 17.6 Å². The number of nitrogens with zero attached hydrogens (tertiary/aromatic N) is 4. The van der Waals surface area contributed by atoms with Crippen LogP contribution < -0.4 is 5.32 Å². The summed E-state index contributed by atoms with van der Waals surface area (Å²) in [6.07, 6.45) is -0.750. The number of nitrogens with one attached hydrogen (secondary N) is 1. The van der Waals surface area contributed by atoms with Gasteiger partial charge in [0.05, 0.1) is 34.2 Å². The maximum Gasteiger partial charge on any atom is 0.417 e. The first-order valence-electron chi connectivity index (χ1n) is 8.58. The predicted molar refractivity (Wildman–Crippen MR) is 101 cm³/mol. The van der Waals surface area contributed by atoms with Crippen molar-refractivity contribution in [2.45, 2.75) is 13.1 Å². The Hall–Kier alpha value is -3.75. The summed E-state index contributed by atoms with van der Waals surface area (Å²) in [5, 5.41) is 7.79. The van der Waals surface area contributed by atoms with Crippen LogP contribution in [0, 0.1) is 6.92 Å². The summed E-state index contributed by atoms with van der Waals surface area (Å²) in [7, 11) is 0. The van der Waals surface area contributed by atoms with Gasteiger partial charge in [-0.3, -0.25) is 9.78 Å². The number of hydrogen-bond donors (Lipinski definition) is 1. The highest BCUT2D eigenvalue weighted by Crippen LogP contribution is 2.29. The molecule has 146 valence electrons. The third kappa shape index (κ3) is 3.54. The maximum atomic E-state index is 12.7. The maximum absolute atomic E-state index is 12.7. The molecular weight excluding hydrogens is 383 g/mol. The molecule has 0 fully saturated rings. The number of rotatable bonds is 3. The highest BCUT2D eigenvalue weighted by Gasteiger charge is 2.30. The first-order valence-corrected chi connectivity index (χ1v) is 8.58. The SMILES string of the molecule is Cc1c(C(=O)Nc2cccc3cccnc23)cnn1-c1ccc(C(F)(F)F)cn1. The Kier molecular flexibility index (Phi) is 4.50. The Morgan fingerprint density at radius 3 is 2.55 bits per heavy atom. The van der Waals surface area contributed by atoms with Gasteiger partial charge in [-0.2, -0.15) is 18.3 Å². The van der Waals surface area contributed by atoms with Crippen LogP contribution in [0.4, 0.5) is 18.9 Å². The van der Waals surface area contributed by atoms with E-state index in [4.69, 9.17) is 0 Å². The number of para-hydroxylation sites is 1. The zero-order valence-electron chi connectivity index (χ0n) is 15.1. The van der Waals surface area contributed by atoms with Crippen LogP contribution in [0.15, 0.2) is 61.1 Å². The molecule has 29 heavy (non-hydrogen) atoms. The Balaban J connectivity index is 1.62. The van der Waals surface area contributed by atoms with E-state index in [0.29, 0.717) is 16.9 Å². The molecule has 1 amide bonds. The van der Waals surface area contributed by atoms with Gasteiger partial charge >= 0.3 is 6.18 Å². The van der Waals surface area contributed by atoms with Crippen LogP contribution in [0.1, 0.15) is 21.6 Å². The number of carbonyl (C=O) groups excluding carboxylic acids is 1. The fraction of sp³-hybridized carbons (Fsp3) is 0.100. The zero-order chi connectivity index (χ0) is 20.6. The Morgan fingerprint density at radius 1 is 1.03 bits per heavy atom. The summed E-state index contributed by atoms with van der Waals surface area (Å²) < 4.78 is 39.4. The molecular formula is C20H14F3N5O. The first-order chi connectivity index (χ1) is 13.8. The molecule has 0 aliphatic rings. The predicted octanol–water partition coefficient (Wildman–Crippen LogP) is 4.40. The minimum Gasteiger partial charge on any atom is -0.320 e. The largest absolute Gasteiger partial charge is 0.417 e. The lowest BCUT2D eigenvalue weighted by Gasteiger charge is -2.09. The fourth-order valence-corrected chi connectivity index (χ4v) is 2.94. The molecule has 3 heterocycles. The van der Waals surface area contributed by atoms with E-state index in [1.165, 1.54) is 16.9 Å². The molecule has 0 aliphatic heterocycles. The van der Waals surface area contributed by atoms with Crippen molar-refractivity contribution in [2.75, 3.05) is 5.32 Å². The summed E-state index contributed by atoms with van der Waals surface area (Å²) in [6.45, 7) is 1.64. The third-order valence-electron chi connectivity index (χ3n) is 4.43. The molecule has 4 aromatic rings. The molecule has 0 saturated heterocycles. The zero-order valence-corrected chi connectivity index (χ0v) is 15.1. The van der Waals surface area contributed by atoms with Crippen LogP contribution in [0.25, 0.3) is 16.7 Å². The van der Waals surface area contributed by atoms with Crippen LogP contribution >= 0.6 is 0 Å². The monoisotopic (exact) mass is 397 g/mol. The number of anilines is 1. The average molecular weight is 397 g/mol. The second kappa shape index (κ2) is 7.01. The van der Waals surface area contributed by atoms with Gasteiger partial charge in [0, 0.05) is 17.8 Å². The van der Waals surface area contributed by atoms with Crippen molar-refractivity contribution in [1.82, 2.24) is 19.7 Å². The Bertz CT molecular complexity index is 1190. The number of benzene rings is 1. The van der Waals surface area contributed by atoms with Crippen molar-refractivity contribution in [3.05, 3.63) is 77.9 Å². The van der Waals surface area contributed by atoms with E-state index in [1.54, 1.807) is 25.3 Å². The third-order valence-corrected chi connectivity index (χ3v) is 4.43. The van der Waals surface area contributed by atoms with Crippen LogP contribution in [-0.2, 0) is 6.18 Å². The molecule has 0 aliphatic carbocycles. The second-order valence-corrected chi connectivity index (χ2v) is 6.29. The van der Waals surface area contributed by atoms with E-state index in [9.17, 15) is 18.0 Å². The molecule has 0 unspecified atom stereocenters. The molecule has 0 saturated carbocycles. The molecule has 1 aromatic carbocycles. The van der Waals surface area contributed by atoms with Gasteiger partial charge in [0.25, 0.3) is 5.91 Å². The molecule has 1 N–H and O–H groups in total. The molecule has 4 rings (SSSR count). The highest BCUT2D eigenvalue weighted by atomic mass is 19.4. The molecule has 0 atom stereocenters. The van der Waals surface area contributed by atoms with E-state index in [2.05, 4.69) is 20.4 Å². The highest BCUT2D eigenvalue weighted by molar-refractivity contribution is 6.08. The summed E-state index contributed by atoms with van der Waals surface area (Å²) in [5.74, 6) is -0.222. The normalized spacial score (nSPS) is 11.6. The fourth-order valence-electron chi connectivity index (χ4n) is 2.94. The van der Waals surface area contributed by atoms with Gasteiger partial charge < -0.3 is 5.32 Å². The van der Waals surface area contributed by atoms with Gasteiger partial charge in [0.1, 0.15) is 0 Å². The van der Waals surface area contributed by atoms with Gasteiger partial charge in [-0.05, 0) is 31.2 Å². The van der Waals surface area contributed by atoms with Gasteiger partial charge in [-0.1, -0.05) is 18.2 Å². The van der Waals surface area contributed by atoms with Crippen molar-refractivity contribution in [2.24, 2.45) is 0 Å². The minimum absolute atomic E-state index is 0.182. The van der Waals surface area contributed by atoms with Gasteiger partial charge in [0.2, 0.25) is 0 Å². The van der Waals surface area contributed by atoms with Crippen molar-refractivity contribution >= 4 is 22.5 Å². The molecule has 0 bridgehead atoms. The van der Waals surface area contributed by atoms with Gasteiger partial charge in [-0.15, -0.1) is 0 Å². The Labute approximate surface area is 163 Å². The van der Waals surface area contributed by atoms with Crippen LogP contribution in [0.3, 0.4) is 0 Å². The number of alkyl halides is 3. The quantitative estimate of drug-likeness (QED) is 0.556. The smallest absolute Gasteiger partial charge is 0.320 e. The number of halogens is 3. The van der Waals surface area contributed by atoms with Crippen molar-refractivity contribution in [3.63, 3.8) is 0 Å². The van der Waals surface area contributed by atoms with Crippen molar-refractivity contribution in [1.29, 1.82) is 0 Å². The summed E-state index contributed by atoms with van der Waals surface area (Å²) in [4.78, 5) is 20.9. The number of pyridine rings is 2. The average Bonchev–Trinajstić information content (AvgIpc) is 3.09. The van der Waals surface area contributed by atoms with Crippen LogP contribution in [0.5, 0.6) is 0 Å².